The van der Waals surface area contributed by atoms with Crippen molar-refractivity contribution < 1.29 is 38.5 Å². The Morgan fingerprint density at radius 1 is 0.872 bits per heavy atom. The number of nitrogens with zero attached hydrogens (tertiary/aromatic N) is 6. The summed E-state index contributed by atoms with van der Waals surface area (Å²) in [7, 11) is 0. The Hall–Kier alpha value is -6.35. The van der Waals surface area contributed by atoms with Gasteiger partial charge in [0.25, 0.3) is 0 Å². The third-order valence-corrected chi connectivity index (χ3v) is 16.9. The smallest absolute Gasteiger partial charge is 0.246 e. The first-order valence-corrected chi connectivity index (χ1v) is 28.6. The van der Waals surface area contributed by atoms with E-state index < -0.39 is 47.0 Å². The first-order valence-electron chi connectivity index (χ1n) is 26.5. The zero-order valence-electron chi connectivity index (χ0n) is 45.2. The molecule has 1 saturated heterocycles. The van der Waals surface area contributed by atoms with Crippen LogP contribution in [0.25, 0.3) is 15.4 Å². The van der Waals surface area contributed by atoms with Crippen LogP contribution < -0.4 is 20.7 Å². The minimum absolute atomic E-state index is 0.0149. The molecule has 1 aliphatic carbocycles. The van der Waals surface area contributed by atoms with E-state index in [1.54, 1.807) is 22.7 Å². The molecule has 4 atom stereocenters. The number of rotatable bonds is 22. The van der Waals surface area contributed by atoms with E-state index in [1.165, 1.54) is 9.78 Å². The molecule has 3 aromatic heterocycles. The van der Waals surface area contributed by atoms with Gasteiger partial charge in [0.15, 0.2) is 5.82 Å². The standard InChI is InChI=1S/C58H68ClN9O8S2/c1-34-36(3)78-56-49(34)50(39-14-18-42(59)19-15-39)62-45(53-66-65-37(4)68(53)56)29-47(70)64-58(22-23-58)41-16-20-44(21-17-41)76-27-9-25-74-24-8-26-75-32-48(71)63-52(57(5,6)7)55(73)67-31-43(69)28-46(67)54(72)60-30-38-10-12-40(13-11-38)51-35(2)61-33-77-51/h10-21,33,43,45-46,52,69H,8-9,22-32H2,1-7H3,(H,60,72)(H,63,71)(H,64,70)/t43-,45+,46+,52-/m1/s1. The number of ether oxygens (including phenoxy) is 3. The topological polar surface area (TPSA) is 211 Å². The zero-order valence-corrected chi connectivity index (χ0v) is 47.6. The van der Waals surface area contributed by atoms with E-state index in [4.69, 9.17) is 30.8 Å². The number of likely N-dealkylation sites (tertiary alicyclic amines) is 1. The van der Waals surface area contributed by atoms with Crippen LogP contribution in [0.15, 0.2) is 83.3 Å². The van der Waals surface area contributed by atoms with E-state index in [0.717, 1.165) is 79.1 Å². The normalized spacial score (nSPS) is 17.8. The Morgan fingerprint density at radius 2 is 1.56 bits per heavy atom. The van der Waals surface area contributed by atoms with Gasteiger partial charge in [-0.25, -0.2) is 4.98 Å². The van der Waals surface area contributed by atoms with Crippen LogP contribution in [0.3, 0.4) is 0 Å². The van der Waals surface area contributed by atoms with Crippen molar-refractivity contribution in [1.29, 1.82) is 0 Å². The van der Waals surface area contributed by atoms with E-state index in [9.17, 15) is 24.3 Å². The first-order chi connectivity index (χ1) is 37.4. The number of halogens is 1. The van der Waals surface area contributed by atoms with E-state index in [0.29, 0.717) is 43.5 Å². The van der Waals surface area contributed by atoms with Crippen molar-refractivity contribution in [2.24, 2.45) is 10.4 Å². The van der Waals surface area contributed by atoms with E-state index >= 15 is 0 Å². The number of amides is 4. The number of aliphatic imine (C=N–C) groups is 1. The summed E-state index contributed by atoms with van der Waals surface area (Å²) in [6.07, 6.45) is 2.19. The van der Waals surface area contributed by atoms with Gasteiger partial charge >= 0.3 is 0 Å². The second kappa shape index (κ2) is 24.3. The van der Waals surface area contributed by atoms with Crippen molar-refractivity contribution >= 4 is 63.6 Å². The predicted octanol–water partition coefficient (Wildman–Crippen LogP) is 8.43. The molecule has 4 N–H and O–H groups in total. The molecule has 5 heterocycles. The van der Waals surface area contributed by atoms with Crippen molar-refractivity contribution in [3.8, 4) is 21.2 Å². The minimum Gasteiger partial charge on any atom is -0.494 e. The van der Waals surface area contributed by atoms with Crippen LogP contribution in [0.4, 0.5) is 0 Å². The van der Waals surface area contributed by atoms with Gasteiger partial charge in [-0.15, -0.1) is 32.9 Å². The highest BCUT2D eigenvalue weighted by Gasteiger charge is 2.47. The molecule has 6 aromatic rings. The molecular weight excluding hydrogens is 1050 g/mol. The van der Waals surface area contributed by atoms with E-state index in [1.807, 2.05) is 113 Å². The molecule has 4 amide bonds. The maximum Gasteiger partial charge on any atom is 0.246 e. The SMILES string of the molecule is Cc1ncsc1-c1ccc(CNC(=O)[C@@H]2C[C@@H](O)CN2C(=O)[C@@H](NC(=O)COCCCOCCCOc2ccc(C3(NC(=O)C[C@@H]4N=C(c5ccc(Cl)cc5)c5c(sc(C)c5C)-n5c(C)nnc54)CC3)cc2)C(C)(C)C)cc1. The zero-order chi connectivity index (χ0) is 55.3. The van der Waals surface area contributed by atoms with Crippen LogP contribution in [0.1, 0.15) is 115 Å². The van der Waals surface area contributed by atoms with Crippen LogP contribution in [0, 0.1) is 33.1 Å². The van der Waals surface area contributed by atoms with Gasteiger partial charge in [-0.2, -0.15) is 0 Å². The van der Waals surface area contributed by atoms with E-state index in [2.05, 4.69) is 49.5 Å². The number of hydrogen-bond donors (Lipinski definition) is 4. The maximum atomic E-state index is 14.0. The third-order valence-electron chi connectivity index (χ3n) is 14.5. The maximum absolute atomic E-state index is 14.0. The lowest BCUT2D eigenvalue weighted by Gasteiger charge is -2.35. The molecule has 20 heteroatoms. The fourth-order valence-electron chi connectivity index (χ4n) is 9.97. The van der Waals surface area contributed by atoms with Crippen LogP contribution in [0.5, 0.6) is 5.75 Å². The van der Waals surface area contributed by atoms with Crippen molar-refractivity contribution in [2.75, 3.05) is 39.6 Å². The number of aliphatic hydroxyl groups excluding tert-OH is 1. The number of thiophene rings is 1. The lowest BCUT2D eigenvalue weighted by Crippen LogP contribution is -2.58. The number of thiazole rings is 1. The molecule has 0 radical (unpaired) electrons. The summed E-state index contributed by atoms with van der Waals surface area (Å²) in [5, 5.41) is 30.3. The molecule has 9 rings (SSSR count). The molecule has 78 heavy (non-hydrogen) atoms. The molecule has 2 fully saturated rings. The Balaban J connectivity index is 0.674. The Morgan fingerprint density at radius 3 is 2.24 bits per heavy atom. The van der Waals surface area contributed by atoms with Gasteiger partial charge in [0.1, 0.15) is 41.3 Å². The molecule has 1 saturated carbocycles. The number of benzene rings is 3. The van der Waals surface area contributed by atoms with Crippen molar-refractivity contribution in [2.45, 2.75) is 123 Å². The Bertz CT molecular complexity index is 3140. The predicted molar refractivity (Wildman–Crippen MR) is 301 cm³/mol. The number of β-amino-alcohol motifs (C(OH)–C–C–N with tert-alkyl or cyclic N) is 1. The van der Waals surface area contributed by atoms with Crippen molar-refractivity contribution in [1.82, 2.24) is 40.6 Å². The third kappa shape index (κ3) is 13.0. The molecule has 0 unspecified atom stereocenters. The fraction of sp³-hybridized carbons (Fsp3) is 0.448. The lowest BCUT2D eigenvalue weighted by molar-refractivity contribution is -0.144. The molecule has 0 spiro atoms. The number of nitrogens with one attached hydrogen (secondary N) is 3. The monoisotopic (exact) mass is 1120 g/mol. The summed E-state index contributed by atoms with van der Waals surface area (Å²) in [4.78, 5) is 67.8. The summed E-state index contributed by atoms with van der Waals surface area (Å²) < 4.78 is 19.5. The lowest BCUT2D eigenvalue weighted by atomic mass is 9.85. The van der Waals surface area contributed by atoms with Crippen molar-refractivity contribution in [3.05, 3.63) is 133 Å². The van der Waals surface area contributed by atoms with Crippen molar-refractivity contribution in [3.63, 3.8) is 0 Å². The molecule has 412 valence electrons. The van der Waals surface area contributed by atoms with Gasteiger partial charge in [0, 0.05) is 66.8 Å². The highest BCUT2D eigenvalue weighted by Crippen LogP contribution is 2.47. The highest BCUT2D eigenvalue weighted by atomic mass is 35.5. The van der Waals surface area contributed by atoms with Crippen LogP contribution >= 0.6 is 34.3 Å². The largest absolute Gasteiger partial charge is 0.494 e. The summed E-state index contributed by atoms with van der Waals surface area (Å²) in [6.45, 7) is 15.2. The number of aryl methyl sites for hydroxylation is 3. The number of carbonyl (C=O) groups excluding carboxylic acids is 4. The average Bonchev–Trinajstić information content (AvgIpc) is 3.91. The van der Waals surface area contributed by atoms with Gasteiger partial charge in [-0.1, -0.05) is 80.9 Å². The number of carbonyl (C=O) groups is 4. The quantitative estimate of drug-likeness (QED) is 0.0474. The van der Waals surface area contributed by atoms with Gasteiger partial charge in [0.05, 0.1) is 46.5 Å². The Labute approximate surface area is 468 Å². The highest BCUT2D eigenvalue weighted by molar-refractivity contribution is 7.15. The summed E-state index contributed by atoms with van der Waals surface area (Å²) in [5.74, 6) is 0.713. The van der Waals surface area contributed by atoms with Crippen LogP contribution in [-0.2, 0) is 40.7 Å². The molecule has 3 aliphatic rings. The number of fused-ring (bicyclic) bond motifs is 3. The first kappa shape index (κ1) is 56.4. The molecule has 0 bridgehead atoms. The van der Waals surface area contributed by atoms with Gasteiger partial charge in [-0.05, 0) is 98.9 Å². The molecule has 17 nitrogen and oxygen atoms in total. The number of aliphatic hydroxyl groups is 1. The fourth-order valence-corrected chi connectivity index (χ4v) is 12.1. The summed E-state index contributed by atoms with van der Waals surface area (Å²) in [5.41, 5.74) is 8.45. The van der Waals surface area contributed by atoms with Crippen LogP contribution in [-0.4, -0.2) is 117 Å². The number of hydrogen-bond acceptors (Lipinski definition) is 14. The minimum atomic E-state index is -0.960. The second-order valence-corrected chi connectivity index (χ2v) is 23.9. The second-order valence-electron chi connectivity index (χ2n) is 21.4. The van der Waals surface area contributed by atoms with Crippen LogP contribution in [0.2, 0.25) is 5.02 Å². The van der Waals surface area contributed by atoms with Gasteiger partial charge < -0.3 is 40.2 Å². The Kier molecular flexibility index (Phi) is 17.6. The number of aromatic nitrogens is 4. The average molecular weight is 1120 g/mol. The van der Waals surface area contributed by atoms with Gasteiger partial charge in [0.2, 0.25) is 23.6 Å². The molecule has 3 aromatic carbocycles. The summed E-state index contributed by atoms with van der Waals surface area (Å²) in [6, 6.07) is 21.0. The molecule has 2 aliphatic heterocycles. The van der Waals surface area contributed by atoms with E-state index in [-0.39, 0.29) is 51.0 Å². The molecular formula is C58H68ClN9O8S2. The summed E-state index contributed by atoms with van der Waals surface area (Å²) >= 11 is 9.54. The van der Waals surface area contributed by atoms with Gasteiger partial charge in [-0.3, -0.25) is 28.7 Å².